The molecule has 1 amide bonds. The van der Waals surface area contributed by atoms with Crippen molar-refractivity contribution in [3.8, 4) is 0 Å². The van der Waals surface area contributed by atoms with Gasteiger partial charge in [-0.25, -0.2) is 0 Å². The van der Waals surface area contributed by atoms with E-state index in [-0.39, 0.29) is 11.7 Å². The fourth-order valence-electron chi connectivity index (χ4n) is 2.05. The summed E-state index contributed by atoms with van der Waals surface area (Å²) < 4.78 is 12.1. The Morgan fingerprint density at radius 3 is 2.52 bits per heavy atom. The maximum absolute atomic E-state index is 12.1. The maximum atomic E-state index is 12.1. The molecule has 0 bridgehead atoms. The van der Waals surface area contributed by atoms with Crippen LogP contribution < -0.4 is 5.32 Å². The lowest BCUT2D eigenvalue weighted by atomic mass is 10.1. The molecule has 0 aliphatic carbocycles. The molecule has 0 saturated heterocycles. The Hall–Kier alpha value is -1.94. The van der Waals surface area contributed by atoms with Gasteiger partial charge in [-0.05, 0) is 37.1 Å². The van der Waals surface area contributed by atoms with Crippen LogP contribution in [0.3, 0.4) is 0 Å². The second-order valence-corrected chi connectivity index (χ2v) is 6.53. The van der Waals surface area contributed by atoms with Crippen molar-refractivity contribution in [3.05, 3.63) is 65.2 Å². The van der Waals surface area contributed by atoms with Crippen molar-refractivity contribution < 1.29 is 9.00 Å². The summed E-state index contributed by atoms with van der Waals surface area (Å²) in [4.78, 5) is 11.9. The summed E-state index contributed by atoms with van der Waals surface area (Å²) >= 11 is 0. The van der Waals surface area contributed by atoms with Gasteiger partial charge in [0.15, 0.2) is 0 Å². The van der Waals surface area contributed by atoms with Crippen LogP contribution in [0.1, 0.15) is 16.7 Å². The number of nitrogens with one attached hydrogen (secondary N) is 1. The molecule has 0 heterocycles. The number of rotatable bonds is 5. The van der Waals surface area contributed by atoms with Crippen LogP contribution in [0, 0.1) is 13.8 Å². The summed E-state index contributed by atoms with van der Waals surface area (Å²) in [6.45, 7) is 4.00. The highest BCUT2D eigenvalue weighted by molar-refractivity contribution is 7.84. The van der Waals surface area contributed by atoms with Crippen molar-refractivity contribution >= 4 is 22.4 Å². The Bertz CT molecular complexity index is 653. The third-order valence-electron chi connectivity index (χ3n) is 3.17. The summed E-state index contributed by atoms with van der Waals surface area (Å²) in [7, 11) is -1.21. The first-order chi connectivity index (χ1) is 10.0. The minimum atomic E-state index is -1.21. The number of hydrogen-bond acceptors (Lipinski definition) is 2. The third-order valence-corrected chi connectivity index (χ3v) is 4.39. The van der Waals surface area contributed by atoms with Gasteiger partial charge in [-0.3, -0.25) is 9.00 Å². The lowest BCUT2D eigenvalue weighted by Crippen LogP contribution is -2.20. The predicted octanol–water partition coefficient (Wildman–Crippen LogP) is 3.19. The molecule has 2 aromatic rings. The van der Waals surface area contributed by atoms with E-state index < -0.39 is 10.8 Å². The average molecular weight is 301 g/mol. The molecule has 0 unspecified atom stereocenters. The Labute approximate surface area is 127 Å². The minimum Gasteiger partial charge on any atom is -0.325 e. The van der Waals surface area contributed by atoms with E-state index in [9.17, 15) is 9.00 Å². The first kappa shape index (κ1) is 15.4. The Balaban J connectivity index is 1.92. The Morgan fingerprint density at radius 1 is 1.10 bits per heavy atom. The van der Waals surface area contributed by atoms with Gasteiger partial charge < -0.3 is 5.32 Å². The van der Waals surface area contributed by atoms with E-state index in [0.717, 1.165) is 22.4 Å². The van der Waals surface area contributed by atoms with Gasteiger partial charge in [-0.2, -0.15) is 0 Å². The summed E-state index contributed by atoms with van der Waals surface area (Å²) in [5.74, 6) is 0.211. The summed E-state index contributed by atoms with van der Waals surface area (Å²) in [5.41, 5.74) is 4.02. The molecule has 0 aliphatic heterocycles. The fraction of sp³-hybridized carbons (Fsp3) is 0.235. The van der Waals surface area contributed by atoms with Gasteiger partial charge in [0, 0.05) is 22.2 Å². The van der Waals surface area contributed by atoms with E-state index in [1.165, 1.54) is 0 Å². The second-order valence-electron chi connectivity index (χ2n) is 5.07. The van der Waals surface area contributed by atoms with Gasteiger partial charge in [0.25, 0.3) is 0 Å². The van der Waals surface area contributed by atoms with Gasteiger partial charge in [0.1, 0.15) is 5.75 Å². The van der Waals surface area contributed by atoms with Gasteiger partial charge in [-0.1, -0.05) is 42.0 Å². The van der Waals surface area contributed by atoms with E-state index in [2.05, 4.69) is 5.32 Å². The molecule has 1 N–H and O–H groups in total. The molecular weight excluding hydrogens is 282 g/mol. The molecule has 0 radical (unpaired) electrons. The number of benzene rings is 2. The molecule has 0 saturated carbocycles. The minimum absolute atomic E-state index is 0.0161. The van der Waals surface area contributed by atoms with Gasteiger partial charge in [0.2, 0.25) is 5.91 Å². The largest absolute Gasteiger partial charge is 0.325 e. The Morgan fingerprint density at radius 2 is 1.81 bits per heavy atom. The number of carbonyl (C=O) groups is 1. The van der Waals surface area contributed by atoms with Gasteiger partial charge in [-0.15, -0.1) is 0 Å². The molecule has 0 fully saturated rings. The second kappa shape index (κ2) is 7.18. The van der Waals surface area contributed by atoms with Gasteiger partial charge >= 0.3 is 0 Å². The first-order valence-electron chi connectivity index (χ1n) is 6.80. The molecule has 110 valence electrons. The SMILES string of the molecule is Cc1ccc(C)c(C[S@](=O)CC(=O)Nc2ccccc2)c1. The molecule has 0 spiro atoms. The highest BCUT2D eigenvalue weighted by Gasteiger charge is 2.10. The summed E-state index contributed by atoms with van der Waals surface area (Å²) in [6.07, 6.45) is 0. The summed E-state index contributed by atoms with van der Waals surface area (Å²) in [5, 5.41) is 2.75. The molecule has 2 rings (SSSR count). The van der Waals surface area contributed by atoms with Crippen LogP contribution in [0.15, 0.2) is 48.5 Å². The quantitative estimate of drug-likeness (QED) is 0.922. The van der Waals surface area contributed by atoms with Crippen LogP contribution in [0.25, 0.3) is 0 Å². The normalized spacial score (nSPS) is 11.9. The molecule has 2 aromatic carbocycles. The van der Waals surface area contributed by atoms with Crippen molar-refractivity contribution in [1.82, 2.24) is 0 Å². The number of hydrogen-bond donors (Lipinski definition) is 1. The van der Waals surface area contributed by atoms with Crippen LogP contribution in [0.4, 0.5) is 5.69 Å². The van der Waals surface area contributed by atoms with E-state index in [1.54, 1.807) is 0 Å². The fourth-order valence-corrected chi connectivity index (χ4v) is 3.17. The van der Waals surface area contributed by atoms with E-state index in [0.29, 0.717) is 5.75 Å². The highest BCUT2D eigenvalue weighted by Crippen LogP contribution is 2.13. The van der Waals surface area contributed by atoms with Crippen LogP contribution in [0.5, 0.6) is 0 Å². The first-order valence-corrected chi connectivity index (χ1v) is 8.29. The smallest absolute Gasteiger partial charge is 0.237 e. The van der Waals surface area contributed by atoms with Crippen molar-refractivity contribution in [1.29, 1.82) is 0 Å². The standard InChI is InChI=1S/C17H19NO2S/c1-13-8-9-14(2)15(10-13)11-21(20)12-17(19)18-16-6-4-3-5-7-16/h3-10H,11-12H2,1-2H3,(H,18,19)/t21-/m0/s1. The number of para-hydroxylation sites is 1. The topological polar surface area (TPSA) is 46.2 Å². The van der Waals surface area contributed by atoms with Crippen LogP contribution >= 0.6 is 0 Å². The molecule has 0 aliphatic rings. The zero-order chi connectivity index (χ0) is 15.2. The zero-order valence-corrected chi connectivity index (χ0v) is 13.1. The van der Waals surface area contributed by atoms with E-state index in [4.69, 9.17) is 0 Å². The molecule has 4 heteroatoms. The lowest BCUT2D eigenvalue weighted by Gasteiger charge is -2.08. The predicted molar refractivity (Wildman–Crippen MR) is 87.7 cm³/mol. The number of anilines is 1. The third kappa shape index (κ3) is 4.83. The van der Waals surface area contributed by atoms with Crippen LogP contribution in [-0.2, 0) is 21.3 Å². The number of carbonyl (C=O) groups excluding carboxylic acids is 1. The molecule has 0 aromatic heterocycles. The average Bonchev–Trinajstić information content (AvgIpc) is 2.43. The molecule has 1 atom stereocenters. The van der Waals surface area contributed by atoms with Crippen molar-refractivity contribution in [2.24, 2.45) is 0 Å². The molecule has 3 nitrogen and oxygen atoms in total. The van der Waals surface area contributed by atoms with Crippen molar-refractivity contribution in [2.75, 3.05) is 11.1 Å². The van der Waals surface area contributed by atoms with E-state index in [1.807, 2.05) is 62.4 Å². The summed E-state index contributed by atoms with van der Waals surface area (Å²) in [6, 6.07) is 15.3. The number of amides is 1. The van der Waals surface area contributed by atoms with Crippen LogP contribution in [-0.4, -0.2) is 15.9 Å². The Kier molecular flexibility index (Phi) is 5.28. The monoisotopic (exact) mass is 301 g/mol. The zero-order valence-electron chi connectivity index (χ0n) is 12.3. The number of aryl methyl sites for hydroxylation is 2. The maximum Gasteiger partial charge on any atom is 0.237 e. The van der Waals surface area contributed by atoms with Crippen molar-refractivity contribution in [2.45, 2.75) is 19.6 Å². The lowest BCUT2D eigenvalue weighted by molar-refractivity contribution is -0.113. The van der Waals surface area contributed by atoms with Gasteiger partial charge in [0.05, 0.1) is 0 Å². The highest BCUT2D eigenvalue weighted by atomic mass is 32.2. The van der Waals surface area contributed by atoms with Crippen molar-refractivity contribution in [3.63, 3.8) is 0 Å². The molecule has 21 heavy (non-hydrogen) atoms. The van der Waals surface area contributed by atoms with E-state index >= 15 is 0 Å². The van der Waals surface area contributed by atoms with Crippen LogP contribution in [0.2, 0.25) is 0 Å². The molecular formula is C17H19NO2S.